The normalized spacial score (nSPS) is 23.0. The minimum atomic E-state index is -4.05. The van der Waals surface area contributed by atoms with E-state index in [1.54, 1.807) is 0 Å². The predicted octanol–water partition coefficient (Wildman–Crippen LogP) is 2.46. The Morgan fingerprint density at radius 2 is 1.67 bits per heavy atom. The summed E-state index contributed by atoms with van der Waals surface area (Å²) in [5.41, 5.74) is 4.75. The van der Waals surface area contributed by atoms with Crippen molar-refractivity contribution in [2.24, 2.45) is 11.1 Å². The molecule has 0 aromatic heterocycles. The molecule has 1 fully saturated rings. The minimum Gasteiger partial charge on any atom is -0.330 e. The summed E-state index contributed by atoms with van der Waals surface area (Å²) in [6.45, 7) is 0.173. The maximum absolute atomic E-state index is 12.1. The highest BCUT2D eigenvalue weighted by molar-refractivity contribution is 4.87. The quantitative estimate of drug-likeness (QED) is 0.695. The lowest BCUT2D eigenvalue weighted by Crippen LogP contribution is -2.32. The van der Waals surface area contributed by atoms with E-state index in [0.717, 1.165) is 12.8 Å². The molecule has 12 heavy (non-hydrogen) atoms. The van der Waals surface area contributed by atoms with Crippen molar-refractivity contribution in [2.75, 3.05) is 6.54 Å². The van der Waals surface area contributed by atoms with Crippen LogP contribution in [0.1, 0.15) is 32.1 Å². The average molecular weight is 181 g/mol. The van der Waals surface area contributed by atoms with E-state index in [0.29, 0.717) is 12.8 Å². The van der Waals surface area contributed by atoms with Crippen molar-refractivity contribution in [2.45, 2.75) is 38.3 Å². The fourth-order valence-electron chi connectivity index (χ4n) is 2.00. The summed E-state index contributed by atoms with van der Waals surface area (Å²) in [6, 6.07) is 0. The smallest absolute Gasteiger partial charge is 0.330 e. The van der Waals surface area contributed by atoms with Crippen molar-refractivity contribution in [3.63, 3.8) is 0 Å². The van der Waals surface area contributed by atoms with E-state index in [4.69, 9.17) is 5.73 Å². The molecular formula is C8H14F3N. The molecule has 0 amide bonds. The molecule has 0 aromatic rings. The fraction of sp³-hybridized carbons (Fsp3) is 1.00. The van der Waals surface area contributed by atoms with Crippen LogP contribution in [0.2, 0.25) is 0 Å². The van der Waals surface area contributed by atoms with Gasteiger partial charge in [-0.3, -0.25) is 0 Å². The maximum atomic E-state index is 12.1. The van der Waals surface area contributed by atoms with Gasteiger partial charge in [-0.05, 0) is 24.8 Å². The van der Waals surface area contributed by atoms with E-state index in [1.807, 2.05) is 0 Å². The van der Waals surface area contributed by atoms with Crippen LogP contribution in [0, 0.1) is 5.41 Å². The molecule has 2 N–H and O–H groups in total. The third kappa shape index (κ3) is 2.37. The van der Waals surface area contributed by atoms with Crippen LogP contribution in [-0.2, 0) is 0 Å². The van der Waals surface area contributed by atoms with Crippen LogP contribution in [0.4, 0.5) is 13.2 Å². The van der Waals surface area contributed by atoms with Crippen LogP contribution in [0.15, 0.2) is 0 Å². The van der Waals surface area contributed by atoms with Gasteiger partial charge < -0.3 is 5.73 Å². The summed E-state index contributed by atoms with van der Waals surface area (Å²) in [5.74, 6) is 0. The van der Waals surface area contributed by atoms with Crippen LogP contribution >= 0.6 is 0 Å². The molecule has 1 aliphatic rings. The molecule has 1 saturated carbocycles. The lowest BCUT2D eigenvalue weighted by Gasteiger charge is -2.27. The highest BCUT2D eigenvalue weighted by Crippen LogP contribution is 2.45. The summed E-state index contributed by atoms with van der Waals surface area (Å²) in [7, 11) is 0. The molecule has 1 nitrogen and oxygen atoms in total. The second kappa shape index (κ2) is 3.24. The number of alkyl halides is 3. The molecule has 0 bridgehead atoms. The molecule has 0 unspecified atom stereocenters. The first kappa shape index (κ1) is 9.84. The number of hydrogen-bond donors (Lipinski definition) is 1. The first-order valence-electron chi connectivity index (χ1n) is 4.24. The Morgan fingerprint density at radius 3 is 2.00 bits per heavy atom. The second-order valence-corrected chi connectivity index (χ2v) is 3.70. The average Bonchev–Trinajstić information content (AvgIpc) is 2.34. The molecule has 1 aliphatic carbocycles. The number of nitrogens with two attached hydrogens (primary N) is 1. The van der Waals surface area contributed by atoms with Crippen molar-refractivity contribution in [1.29, 1.82) is 0 Å². The van der Waals surface area contributed by atoms with Gasteiger partial charge in [0.2, 0.25) is 0 Å². The molecule has 0 saturated heterocycles. The zero-order valence-electron chi connectivity index (χ0n) is 6.95. The van der Waals surface area contributed by atoms with Crippen molar-refractivity contribution < 1.29 is 13.2 Å². The van der Waals surface area contributed by atoms with Crippen molar-refractivity contribution >= 4 is 0 Å². The summed E-state index contributed by atoms with van der Waals surface area (Å²) >= 11 is 0. The first-order chi connectivity index (χ1) is 5.47. The highest BCUT2D eigenvalue weighted by atomic mass is 19.4. The SMILES string of the molecule is NCC1(CC(F)(F)F)CCCC1. The van der Waals surface area contributed by atoms with E-state index in [9.17, 15) is 13.2 Å². The minimum absolute atomic E-state index is 0.173. The van der Waals surface area contributed by atoms with Crippen LogP contribution < -0.4 is 5.73 Å². The topological polar surface area (TPSA) is 26.0 Å². The van der Waals surface area contributed by atoms with Gasteiger partial charge in [0.25, 0.3) is 0 Å². The zero-order valence-corrected chi connectivity index (χ0v) is 6.95. The van der Waals surface area contributed by atoms with Crippen LogP contribution in [0.5, 0.6) is 0 Å². The van der Waals surface area contributed by atoms with Gasteiger partial charge in [-0.15, -0.1) is 0 Å². The van der Waals surface area contributed by atoms with E-state index < -0.39 is 18.0 Å². The van der Waals surface area contributed by atoms with E-state index in [2.05, 4.69) is 0 Å². The lowest BCUT2D eigenvalue weighted by atomic mass is 9.83. The van der Waals surface area contributed by atoms with Crippen LogP contribution in [-0.4, -0.2) is 12.7 Å². The molecule has 0 heterocycles. The summed E-state index contributed by atoms with van der Waals surface area (Å²) in [5, 5.41) is 0. The molecule has 0 aliphatic heterocycles. The van der Waals surface area contributed by atoms with Gasteiger partial charge in [-0.1, -0.05) is 12.8 Å². The first-order valence-corrected chi connectivity index (χ1v) is 4.24. The summed E-state index contributed by atoms with van der Waals surface area (Å²) in [6.07, 6.45) is -1.67. The molecule has 0 spiro atoms. The molecule has 0 aromatic carbocycles. The summed E-state index contributed by atoms with van der Waals surface area (Å²) in [4.78, 5) is 0. The molecule has 0 atom stereocenters. The molecule has 0 radical (unpaired) electrons. The van der Waals surface area contributed by atoms with Gasteiger partial charge in [-0.2, -0.15) is 13.2 Å². The van der Waals surface area contributed by atoms with Crippen molar-refractivity contribution in [3.05, 3.63) is 0 Å². The molecule has 72 valence electrons. The third-order valence-corrected chi connectivity index (χ3v) is 2.67. The molecular weight excluding hydrogens is 167 g/mol. The van der Waals surface area contributed by atoms with Crippen molar-refractivity contribution in [1.82, 2.24) is 0 Å². The Morgan fingerprint density at radius 1 is 1.17 bits per heavy atom. The number of halogens is 3. The Bertz CT molecular complexity index is 147. The second-order valence-electron chi connectivity index (χ2n) is 3.70. The van der Waals surface area contributed by atoms with E-state index >= 15 is 0 Å². The highest BCUT2D eigenvalue weighted by Gasteiger charge is 2.42. The lowest BCUT2D eigenvalue weighted by molar-refractivity contribution is -0.156. The number of rotatable bonds is 2. The fourth-order valence-corrected chi connectivity index (χ4v) is 2.00. The van der Waals surface area contributed by atoms with Gasteiger partial charge >= 0.3 is 6.18 Å². The van der Waals surface area contributed by atoms with E-state index in [1.165, 1.54) is 0 Å². The Kier molecular flexibility index (Phi) is 2.66. The van der Waals surface area contributed by atoms with Crippen LogP contribution in [0.25, 0.3) is 0 Å². The van der Waals surface area contributed by atoms with Crippen LogP contribution in [0.3, 0.4) is 0 Å². The van der Waals surface area contributed by atoms with Gasteiger partial charge in [-0.25, -0.2) is 0 Å². The Labute approximate surface area is 70.1 Å². The predicted molar refractivity (Wildman–Crippen MR) is 40.6 cm³/mol. The standard InChI is InChI=1S/C8H14F3N/c9-8(10,11)5-7(6-12)3-1-2-4-7/h1-6,12H2. The van der Waals surface area contributed by atoms with Gasteiger partial charge in [0.05, 0.1) is 6.42 Å². The van der Waals surface area contributed by atoms with Gasteiger partial charge in [0.15, 0.2) is 0 Å². The monoisotopic (exact) mass is 181 g/mol. The Hall–Kier alpha value is -0.250. The van der Waals surface area contributed by atoms with Gasteiger partial charge in [0.1, 0.15) is 0 Å². The van der Waals surface area contributed by atoms with Crippen molar-refractivity contribution in [3.8, 4) is 0 Å². The summed E-state index contributed by atoms with van der Waals surface area (Å²) < 4.78 is 36.3. The maximum Gasteiger partial charge on any atom is 0.389 e. The largest absolute Gasteiger partial charge is 0.389 e. The van der Waals surface area contributed by atoms with Gasteiger partial charge in [0, 0.05) is 0 Å². The number of hydrogen-bond acceptors (Lipinski definition) is 1. The van der Waals surface area contributed by atoms with E-state index in [-0.39, 0.29) is 6.54 Å². The Balaban J connectivity index is 2.55. The molecule has 1 rings (SSSR count). The zero-order chi connectivity index (χ0) is 9.24. The third-order valence-electron chi connectivity index (χ3n) is 2.67. The molecule has 4 heteroatoms.